The molecule has 3 amide bonds. The molecule has 1 spiro atoms. The van der Waals surface area contributed by atoms with E-state index in [2.05, 4.69) is 21.3 Å². The van der Waals surface area contributed by atoms with Gasteiger partial charge in [0.05, 0.1) is 6.10 Å². The van der Waals surface area contributed by atoms with Gasteiger partial charge in [0.15, 0.2) is 0 Å². The number of carboxylic acids is 1. The smallest absolute Gasteiger partial charge is 0.408 e. The molecule has 1 heterocycles. The average Bonchev–Trinajstić information content (AvgIpc) is 3.11. The molecule has 0 radical (unpaired) electrons. The fourth-order valence-electron chi connectivity index (χ4n) is 6.72. The van der Waals surface area contributed by atoms with Crippen LogP contribution in [0.15, 0.2) is 78.9 Å². The van der Waals surface area contributed by atoms with E-state index in [4.69, 9.17) is 9.47 Å². The normalized spacial score (nSPS) is 19.3. The molecule has 5 rings (SSSR count). The van der Waals surface area contributed by atoms with Crippen LogP contribution in [0.3, 0.4) is 0 Å². The first-order valence-electron chi connectivity index (χ1n) is 17.5. The minimum absolute atomic E-state index is 0.0212. The Hall–Kier alpha value is -4.90. The Morgan fingerprint density at radius 3 is 2.28 bits per heavy atom. The van der Waals surface area contributed by atoms with Gasteiger partial charge in [0, 0.05) is 19.5 Å². The second kappa shape index (κ2) is 17.7. The highest BCUT2D eigenvalue weighted by molar-refractivity contribution is 5.91. The summed E-state index contributed by atoms with van der Waals surface area (Å²) in [4.78, 5) is 51.2. The van der Waals surface area contributed by atoms with E-state index in [9.17, 15) is 24.3 Å². The first kappa shape index (κ1) is 36.4. The molecule has 0 bridgehead atoms. The number of amides is 3. The van der Waals surface area contributed by atoms with E-state index in [-0.39, 0.29) is 38.5 Å². The topological polar surface area (TPSA) is 155 Å². The van der Waals surface area contributed by atoms with Crippen molar-refractivity contribution in [2.24, 2.45) is 5.41 Å². The molecular formula is C39H48N4O7. The predicted molar refractivity (Wildman–Crippen MR) is 188 cm³/mol. The van der Waals surface area contributed by atoms with Gasteiger partial charge >= 0.3 is 12.1 Å². The van der Waals surface area contributed by atoms with Crippen LogP contribution in [0.5, 0.6) is 5.75 Å². The maximum Gasteiger partial charge on any atom is 0.408 e. The van der Waals surface area contributed by atoms with Crippen molar-refractivity contribution < 1.29 is 33.8 Å². The summed E-state index contributed by atoms with van der Waals surface area (Å²) in [6, 6.07) is 22.4. The quantitative estimate of drug-likeness (QED) is 0.144. The van der Waals surface area contributed by atoms with E-state index in [1.54, 1.807) is 12.1 Å². The lowest BCUT2D eigenvalue weighted by molar-refractivity contribution is -0.137. The number of hydrogen-bond donors (Lipinski definition) is 5. The van der Waals surface area contributed by atoms with Crippen LogP contribution in [-0.4, -0.2) is 60.3 Å². The number of piperidine rings is 1. The summed E-state index contributed by atoms with van der Waals surface area (Å²) in [5.41, 5.74) is 4.00. The molecule has 11 heteroatoms. The first-order valence-corrected chi connectivity index (χ1v) is 17.5. The zero-order chi connectivity index (χ0) is 35.3. The fraction of sp³-hybridized carbons (Fsp3) is 0.436. The van der Waals surface area contributed by atoms with Gasteiger partial charge in [-0.2, -0.15) is 0 Å². The number of rotatable bonds is 16. The molecule has 0 unspecified atom stereocenters. The molecule has 3 aromatic carbocycles. The minimum atomic E-state index is -1.23. The van der Waals surface area contributed by atoms with Crippen molar-refractivity contribution in [2.75, 3.05) is 13.1 Å². The van der Waals surface area contributed by atoms with E-state index in [1.165, 1.54) is 12.8 Å². The lowest BCUT2D eigenvalue weighted by Crippen LogP contribution is -2.54. The Morgan fingerprint density at radius 2 is 1.60 bits per heavy atom. The lowest BCUT2D eigenvalue weighted by Gasteiger charge is -2.49. The van der Waals surface area contributed by atoms with Gasteiger partial charge in [0.25, 0.3) is 0 Å². The molecule has 1 saturated heterocycles. The summed E-state index contributed by atoms with van der Waals surface area (Å²) in [5.74, 6) is -1.42. The average molecular weight is 685 g/mol. The molecule has 5 N–H and O–H groups in total. The number of hydrogen-bond acceptors (Lipinski definition) is 7. The van der Waals surface area contributed by atoms with Crippen molar-refractivity contribution in [3.8, 4) is 5.75 Å². The van der Waals surface area contributed by atoms with Gasteiger partial charge in [-0.1, -0.05) is 66.7 Å². The zero-order valence-electron chi connectivity index (χ0n) is 28.6. The molecule has 266 valence electrons. The Kier molecular flexibility index (Phi) is 12.9. The number of carbonyl (C=O) groups is 4. The minimum Gasteiger partial charge on any atom is -0.490 e. The Labute approximate surface area is 293 Å². The number of ether oxygens (including phenoxy) is 2. The van der Waals surface area contributed by atoms with Gasteiger partial charge in [-0.15, -0.1) is 0 Å². The van der Waals surface area contributed by atoms with Gasteiger partial charge in [-0.05, 0) is 98.2 Å². The number of carbonyl (C=O) groups excluding carboxylic acids is 3. The molecule has 1 aliphatic carbocycles. The third-order valence-electron chi connectivity index (χ3n) is 9.62. The van der Waals surface area contributed by atoms with Crippen molar-refractivity contribution in [1.29, 1.82) is 0 Å². The number of alkyl carbamates (subject to hydrolysis) is 1. The third-order valence-corrected chi connectivity index (χ3v) is 9.62. The van der Waals surface area contributed by atoms with Crippen molar-refractivity contribution in [2.45, 2.75) is 89.6 Å². The summed E-state index contributed by atoms with van der Waals surface area (Å²) in [5, 5.41) is 21.1. The van der Waals surface area contributed by atoms with Crippen LogP contribution >= 0.6 is 0 Å². The van der Waals surface area contributed by atoms with Crippen molar-refractivity contribution in [3.05, 3.63) is 101 Å². The SMILES string of the molecule is Cc1ccc(OC2CC3(CCCNC3)C2)cc1CNC(=O)[C@H](CCc1ccccc1)NC(=O)[C@H](CCC(=O)O)NC(=O)OCc1ccccc1. The van der Waals surface area contributed by atoms with Crippen LogP contribution in [0.1, 0.15) is 67.2 Å². The third kappa shape index (κ3) is 10.8. The van der Waals surface area contributed by atoms with Crippen LogP contribution < -0.4 is 26.0 Å². The van der Waals surface area contributed by atoms with E-state index in [0.29, 0.717) is 11.8 Å². The number of aliphatic carboxylic acids is 1. The van der Waals surface area contributed by atoms with Crippen LogP contribution in [0, 0.1) is 12.3 Å². The monoisotopic (exact) mass is 684 g/mol. The van der Waals surface area contributed by atoms with Gasteiger partial charge in [0.2, 0.25) is 11.8 Å². The standard InChI is InChI=1S/C39H48N4O7/c1-27-13-15-31(50-32-22-39(23-32)19-8-20-40-26-39)21-30(27)24-41-36(46)33(16-14-28-9-4-2-5-10-28)42-37(47)34(17-18-35(44)45)43-38(48)49-25-29-11-6-3-7-12-29/h2-7,9-13,15,21,32-34,40H,8,14,16-20,22-26H2,1H3,(H,41,46)(H,42,47)(H,43,48)(H,44,45)/t32?,33-,34-,39?/m0/s1. The molecular weight excluding hydrogens is 636 g/mol. The van der Waals surface area contributed by atoms with Gasteiger partial charge in [-0.25, -0.2) is 4.79 Å². The maximum atomic E-state index is 13.7. The largest absolute Gasteiger partial charge is 0.490 e. The number of benzene rings is 3. The lowest BCUT2D eigenvalue weighted by atomic mass is 9.63. The van der Waals surface area contributed by atoms with E-state index in [1.807, 2.05) is 73.7 Å². The predicted octanol–water partition coefficient (Wildman–Crippen LogP) is 4.80. The highest BCUT2D eigenvalue weighted by Crippen LogP contribution is 2.47. The first-order chi connectivity index (χ1) is 24.2. The zero-order valence-corrected chi connectivity index (χ0v) is 28.6. The Bertz CT molecular complexity index is 1590. The van der Waals surface area contributed by atoms with Gasteiger partial charge in [-0.3, -0.25) is 14.4 Å². The van der Waals surface area contributed by atoms with Crippen molar-refractivity contribution >= 4 is 23.9 Å². The van der Waals surface area contributed by atoms with Crippen LogP contribution in [-0.2, 0) is 38.7 Å². The fourth-order valence-corrected chi connectivity index (χ4v) is 6.72. The molecule has 2 aliphatic rings. The second-order valence-electron chi connectivity index (χ2n) is 13.5. The molecule has 0 aromatic heterocycles. The Balaban J connectivity index is 1.21. The molecule has 11 nitrogen and oxygen atoms in total. The van der Waals surface area contributed by atoms with E-state index >= 15 is 0 Å². The summed E-state index contributed by atoms with van der Waals surface area (Å²) < 4.78 is 11.6. The molecule has 50 heavy (non-hydrogen) atoms. The highest BCUT2D eigenvalue weighted by Gasteiger charge is 2.46. The summed E-state index contributed by atoms with van der Waals surface area (Å²) in [6.07, 6.45) is 4.07. The van der Waals surface area contributed by atoms with E-state index < -0.39 is 36.0 Å². The summed E-state index contributed by atoms with van der Waals surface area (Å²) in [6.45, 7) is 4.32. The molecule has 3 aromatic rings. The number of aryl methyl sites for hydroxylation is 2. The molecule has 2 fully saturated rings. The van der Waals surface area contributed by atoms with Crippen LogP contribution in [0.2, 0.25) is 0 Å². The molecule has 1 saturated carbocycles. The highest BCUT2D eigenvalue weighted by atomic mass is 16.5. The second-order valence-corrected chi connectivity index (χ2v) is 13.5. The van der Waals surface area contributed by atoms with Crippen molar-refractivity contribution in [1.82, 2.24) is 21.3 Å². The summed E-state index contributed by atoms with van der Waals surface area (Å²) in [7, 11) is 0. The van der Waals surface area contributed by atoms with Crippen LogP contribution in [0.4, 0.5) is 4.79 Å². The summed E-state index contributed by atoms with van der Waals surface area (Å²) >= 11 is 0. The molecule has 1 aliphatic heterocycles. The Morgan fingerprint density at radius 1 is 0.900 bits per heavy atom. The molecule has 2 atom stereocenters. The number of nitrogens with one attached hydrogen (secondary N) is 4. The number of carboxylic acid groups (broad SMARTS) is 1. The van der Waals surface area contributed by atoms with Crippen LogP contribution in [0.25, 0.3) is 0 Å². The maximum absolute atomic E-state index is 13.7. The van der Waals surface area contributed by atoms with Gasteiger partial charge in [0.1, 0.15) is 24.4 Å². The van der Waals surface area contributed by atoms with Gasteiger partial charge < -0.3 is 35.8 Å². The van der Waals surface area contributed by atoms with Crippen molar-refractivity contribution in [3.63, 3.8) is 0 Å². The van der Waals surface area contributed by atoms with E-state index in [0.717, 1.165) is 53.9 Å².